The van der Waals surface area contributed by atoms with Crippen LogP contribution in [0.5, 0.6) is 0 Å². The summed E-state index contributed by atoms with van der Waals surface area (Å²) in [6.07, 6.45) is 3.26. The average molecular weight is 214 g/mol. The first-order valence-electron chi connectivity index (χ1n) is 3.85. The first kappa shape index (κ1) is 12.1. The monoisotopic (exact) mass is 214 g/mol. The zero-order valence-electron chi connectivity index (χ0n) is 7.02. The van der Waals surface area contributed by atoms with Crippen LogP contribution in [-0.2, 0) is 19.0 Å². The van der Waals surface area contributed by atoms with Gasteiger partial charge in [0.2, 0.25) is 0 Å². The van der Waals surface area contributed by atoms with Crippen LogP contribution >= 0.6 is 0 Å². The molecular formula is C6H14O4S2. The zero-order chi connectivity index (χ0) is 9.61. The molecule has 0 fully saturated rings. The maximum atomic E-state index is 10.7. The SMILES string of the molecule is CCCCCCS(=O)(=O)S(=O)O. The van der Waals surface area contributed by atoms with Gasteiger partial charge in [0.05, 0.1) is 5.75 Å². The van der Waals surface area contributed by atoms with Crippen molar-refractivity contribution in [3.8, 4) is 0 Å². The molecule has 1 atom stereocenters. The lowest BCUT2D eigenvalue weighted by atomic mass is 10.2. The normalized spacial score (nSPS) is 14.5. The second-order valence-electron chi connectivity index (χ2n) is 2.54. The third kappa shape index (κ3) is 4.84. The van der Waals surface area contributed by atoms with E-state index < -0.39 is 19.0 Å². The van der Waals surface area contributed by atoms with E-state index in [0.29, 0.717) is 6.42 Å². The average Bonchev–Trinajstić information content (AvgIpc) is 1.98. The molecule has 0 spiro atoms. The Kier molecular flexibility index (Phi) is 5.69. The minimum Gasteiger partial charge on any atom is -0.294 e. The Bertz CT molecular complexity index is 232. The summed E-state index contributed by atoms with van der Waals surface area (Å²) < 4.78 is 40.0. The summed E-state index contributed by atoms with van der Waals surface area (Å²) in [7, 11) is -6.46. The summed E-state index contributed by atoms with van der Waals surface area (Å²) >= 11 is 0. The van der Waals surface area contributed by atoms with Crippen LogP contribution in [0.2, 0.25) is 0 Å². The lowest BCUT2D eigenvalue weighted by molar-refractivity contribution is 0.560. The Balaban J connectivity index is 3.71. The number of hydrogen-bond donors (Lipinski definition) is 1. The van der Waals surface area contributed by atoms with E-state index in [4.69, 9.17) is 4.55 Å². The Hall–Kier alpha value is 0.0600. The quantitative estimate of drug-likeness (QED) is 0.408. The van der Waals surface area contributed by atoms with E-state index in [1.807, 2.05) is 6.92 Å². The minimum atomic E-state index is -3.75. The summed E-state index contributed by atoms with van der Waals surface area (Å²) in [6, 6.07) is 0. The van der Waals surface area contributed by atoms with Crippen molar-refractivity contribution in [2.45, 2.75) is 32.6 Å². The van der Waals surface area contributed by atoms with E-state index in [2.05, 4.69) is 0 Å². The van der Waals surface area contributed by atoms with Gasteiger partial charge in [-0.05, 0) is 6.42 Å². The molecule has 0 radical (unpaired) electrons. The Morgan fingerprint density at radius 3 is 2.25 bits per heavy atom. The highest BCUT2D eigenvalue weighted by atomic mass is 33.2. The first-order valence-corrected chi connectivity index (χ1v) is 7.12. The van der Waals surface area contributed by atoms with Crippen molar-refractivity contribution in [3.63, 3.8) is 0 Å². The molecule has 6 heteroatoms. The molecule has 0 saturated heterocycles. The van der Waals surface area contributed by atoms with Crippen molar-refractivity contribution in [2.24, 2.45) is 0 Å². The summed E-state index contributed by atoms with van der Waals surface area (Å²) in [5.41, 5.74) is 0. The van der Waals surface area contributed by atoms with Gasteiger partial charge in [-0.2, -0.15) is 0 Å². The molecule has 0 bridgehead atoms. The first-order chi connectivity index (χ1) is 5.50. The molecule has 4 nitrogen and oxygen atoms in total. The van der Waals surface area contributed by atoms with Gasteiger partial charge in [-0.25, -0.2) is 12.6 Å². The van der Waals surface area contributed by atoms with Crippen LogP contribution < -0.4 is 0 Å². The molecule has 0 amide bonds. The summed E-state index contributed by atoms with van der Waals surface area (Å²) in [4.78, 5) is 0. The Morgan fingerprint density at radius 2 is 1.83 bits per heavy atom. The topological polar surface area (TPSA) is 71.4 Å². The molecule has 74 valence electrons. The van der Waals surface area contributed by atoms with Crippen LogP contribution in [0.15, 0.2) is 0 Å². The standard InChI is InChI=1S/C6H14O4S2/c1-2-3-4-5-6-12(9,10)11(7)8/h2-6H2,1H3,(H,7,8). The van der Waals surface area contributed by atoms with Crippen molar-refractivity contribution in [3.05, 3.63) is 0 Å². The molecule has 0 heterocycles. The van der Waals surface area contributed by atoms with E-state index in [1.165, 1.54) is 0 Å². The molecule has 1 N–H and O–H groups in total. The molecule has 1 unspecified atom stereocenters. The van der Waals surface area contributed by atoms with Crippen LogP contribution in [0, 0.1) is 0 Å². The smallest absolute Gasteiger partial charge is 0.274 e. The fourth-order valence-corrected chi connectivity index (χ4v) is 2.26. The summed E-state index contributed by atoms with van der Waals surface area (Å²) in [5, 5.41) is 0. The zero-order valence-corrected chi connectivity index (χ0v) is 8.66. The molecule has 0 aromatic carbocycles. The van der Waals surface area contributed by atoms with Gasteiger partial charge in [0.1, 0.15) is 0 Å². The van der Waals surface area contributed by atoms with Gasteiger partial charge in [-0.15, -0.1) is 0 Å². The van der Waals surface area contributed by atoms with E-state index in [0.717, 1.165) is 19.3 Å². The molecule has 0 aromatic rings. The van der Waals surface area contributed by atoms with E-state index >= 15 is 0 Å². The van der Waals surface area contributed by atoms with Crippen molar-refractivity contribution in [1.82, 2.24) is 0 Å². The van der Waals surface area contributed by atoms with Crippen molar-refractivity contribution in [2.75, 3.05) is 5.75 Å². The van der Waals surface area contributed by atoms with Crippen LogP contribution in [0.25, 0.3) is 0 Å². The summed E-state index contributed by atoms with van der Waals surface area (Å²) in [6.45, 7) is 2.01. The van der Waals surface area contributed by atoms with E-state index in [9.17, 15) is 12.6 Å². The molecule has 0 aliphatic carbocycles. The summed E-state index contributed by atoms with van der Waals surface area (Å²) in [5.74, 6) is -0.184. The maximum Gasteiger partial charge on any atom is 0.274 e. The third-order valence-electron chi connectivity index (χ3n) is 1.47. The van der Waals surface area contributed by atoms with Gasteiger partial charge in [-0.3, -0.25) is 4.55 Å². The van der Waals surface area contributed by atoms with Crippen molar-refractivity contribution >= 4 is 19.0 Å². The largest absolute Gasteiger partial charge is 0.294 e. The second kappa shape index (κ2) is 5.66. The van der Waals surface area contributed by atoms with Gasteiger partial charge < -0.3 is 0 Å². The minimum absolute atomic E-state index is 0.184. The molecule has 0 saturated carbocycles. The van der Waals surface area contributed by atoms with E-state index in [-0.39, 0.29) is 5.75 Å². The predicted molar refractivity (Wildman–Crippen MR) is 48.7 cm³/mol. The number of hydrogen-bond acceptors (Lipinski definition) is 3. The Labute approximate surface area is 75.0 Å². The van der Waals surface area contributed by atoms with E-state index in [1.54, 1.807) is 0 Å². The van der Waals surface area contributed by atoms with Gasteiger partial charge in [0.25, 0.3) is 19.0 Å². The van der Waals surface area contributed by atoms with Crippen LogP contribution in [0.3, 0.4) is 0 Å². The highest BCUT2D eigenvalue weighted by Gasteiger charge is 2.16. The molecule has 0 aliphatic heterocycles. The third-order valence-corrected chi connectivity index (χ3v) is 4.49. The van der Waals surface area contributed by atoms with Gasteiger partial charge in [0, 0.05) is 0 Å². The van der Waals surface area contributed by atoms with Crippen molar-refractivity contribution in [1.29, 1.82) is 0 Å². The van der Waals surface area contributed by atoms with Crippen LogP contribution in [-0.4, -0.2) is 22.9 Å². The predicted octanol–water partition coefficient (Wildman–Crippen LogP) is 1.12. The van der Waals surface area contributed by atoms with Crippen LogP contribution in [0.1, 0.15) is 32.6 Å². The molecule has 0 aromatic heterocycles. The highest BCUT2D eigenvalue weighted by molar-refractivity contribution is 8.62. The number of rotatable bonds is 6. The maximum absolute atomic E-state index is 10.7. The van der Waals surface area contributed by atoms with Gasteiger partial charge in [0.15, 0.2) is 0 Å². The van der Waals surface area contributed by atoms with Crippen molar-refractivity contribution < 1.29 is 17.2 Å². The number of unbranched alkanes of at least 4 members (excludes halogenated alkanes) is 3. The molecule has 0 rings (SSSR count). The van der Waals surface area contributed by atoms with Gasteiger partial charge in [-0.1, -0.05) is 26.2 Å². The highest BCUT2D eigenvalue weighted by Crippen LogP contribution is 2.04. The molecule has 12 heavy (non-hydrogen) atoms. The molecular weight excluding hydrogens is 200 g/mol. The second-order valence-corrected chi connectivity index (χ2v) is 6.88. The fourth-order valence-electron chi connectivity index (χ4n) is 0.777. The molecule has 0 aliphatic rings. The lowest BCUT2D eigenvalue weighted by Crippen LogP contribution is -2.11. The fraction of sp³-hybridized carbons (Fsp3) is 1.00. The van der Waals surface area contributed by atoms with Gasteiger partial charge >= 0.3 is 0 Å². The Morgan fingerprint density at radius 1 is 1.25 bits per heavy atom. The van der Waals surface area contributed by atoms with Crippen LogP contribution in [0.4, 0.5) is 0 Å². The lowest BCUT2D eigenvalue weighted by Gasteiger charge is -1.98.